The topological polar surface area (TPSA) is 24.1 Å². The number of hydrogen-bond acceptors (Lipinski definition) is 2. The molecule has 1 atom stereocenters. The fourth-order valence-electron chi connectivity index (χ4n) is 3.16. The second-order valence-electron chi connectivity index (χ2n) is 5.38. The SMILES string of the molecule is c1cc(C2CCNCC2)cc(C2CCNC2)c1. The van der Waals surface area contributed by atoms with Gasteiger partial charge < -0.3 is 10.6 Å². The van der Waals surface area contributed by atoms with Gasteiger partial charge in [0, 0.05) is 6.54 Å². The van der Waals surface area contributed by atoms with Crippen molar-refractivity contribution in [2.45, 2.75) is 31.1 Å². The average molecular weight is 230 g/mol. The first-order chi connectivity index (χ1) is 8.43. The monoisotopic (exact) mass is 230 g/mol. The molecular formula is C15H22N2. The van der Waals surface area contributed by atoms with Gasteiger partial charge in [0.2, 0.25) is 0 Å². The van der Waals surface area contributed by atoms with Crippen LogP contribution in [-0.4, -0.2) is 26.2 Å². The first kappa shape index (κ1) is 11.2. The van der Waals surface area contributed by atoms with Crippen molar-refractivity contribution in [3.05, 3.63) is 35.4 Å². The van der Waals surface area contributed by atoms with Gasteiger partial charge in [0.1, 0.15) is 0 Å². The lowest BCUT2D eigenvalue weighted by Gasteiger charge is -2.24. The van der Waals surface area contributed by atoms with Gasteiger partial charge in [0.05, 0.1) is 0 Å². The maximum Gasteiger partial charge on any atom is 0.00206 e. The van der Waals surface area contributed by atoms with Crippen molar-refractivity contribution < 1.29 is 0 Å². The molecular weight excluding hydrogens is 208 g/mol. The molecule has 92 valence electrons. The van der Waals surface area contributed by atoms with Crippen LogP contribution in [0.4, 0.5) is 0 Å². The molecule has 2 aliphatic heterocycles. The Morgan fingerprint density at radius 2 is 1.47 bits per heavy atom. The third-order valence-electron chi connectivity index (χ3n) is 4.25. The Balaban J connectivity index is 1.77. The number of nitrogens with one attached hydrogen (secondary N) is 2. The smallest absolute Gasteiger partial charge is 0.00206 e. The Bertz CT molecular complexity index is 363. The fourth-order valence-corrected chi connectivity index (χ4v) is 3.16. The minimum atomic E-state index is 0.747. The van der Waals surface area contributed by atoms with Gasteiger partial charge in [-0.1, -0.05) is 24.3 Å². The van der Waals surface area contributed by atoms with Crippen LogP contribution in [0.2, 0.25) is 0 Å². The molecule has 1 unspecified atom stereocenters. The van der Waals surface area contributed by atoms with Gasteiger partial charge in [-0.25, -0.2) is 0 Å². The highest BCUT2D eigenvalue weighted by Gasteiger charge is 2.19. The molecule has 1 aromatic carbocycles. The normalized spacial score (nSPS) is 26.2. The number of piperidine rings is 1. The molecule has 2 saturated heterocycles. The van der Waals surface area contributed by atoms with Crippen LogP contribution in [0.25, 0.3) is 0 Å². The van der Waals surface area contributed by atoms with Crippen molar-refractivity contribution in [3.8, 4) is 0 Å². The first-order valence-electron chi connectivity index (χ1n) is 6.95. The van der Waals surface area contributed by atoms with Crippen LogP contribution < -0.4 is 10.6 Å². The Hall–Kier alpha value is -0.860. The Labute approximate surface area is 104 Å². The van der Waals surface area contributed by atoms with E-state index in [1.807, 2.05) is 0 Å². The van der Waals surface area contributed by atoms with E-state index >= 15 is 0 Å². The third-order valence-corrected chi connectivity index (χ3v) is 4.25. The van der Waals surface area contributed by atoms with Crippen molar-refractivity contribution in [3.63, 3.8) is 0 Å². The summed E-state index contributed by atoms with van der Waals surface area (Å²) in [4.78, 5) is 0. The van der Waals surface area contributed by atoms with E-state index in [1.54, 1.807) is 11.1 Å². The van der Waals surface area contributed by atoms with Crippen molar-refractivity contribution in [2.75, 3.05) is 26.2 Å². The molecule has 2 fully saturated rings. The second kappa shape index (κ2) is 5.19. The zero-order chi connectivity index (χ0) is 11.5. The number of benzene rings is 1. The molecule has 0 aliphatic carbocycles. The predicted octanol–water partition coefficient (Wildman–Crippen LogP) is 2.23. The summed E-state index contributed by atoms with van der Waals surface area (Å²) in [6.45, 7) is 4.71. The van der Waals surface area contributed by atoms with Gasteiger partial charge in [-0.2, -0.15) is 0 Å². The van der Waals surface area contributed by atoms with E-state index in [0.717, 1.165) is 18.4 Å². The molecule has 0 saturated carbocycles. The summed E-state index contributed by atoms with van der Waals surface area (Å²) in [6, 6.07) is 9.35. The number of hydrogen-bond donors (Lipinski definition) is 2. The maximum absolute atomic E-state index is 3.46. The van der Waals surface area contributed by atoms with Crippen molar-refractivity contribution >= 4 is 0 Å². The highest BCUT2D eigenvalue weighted by molar-refractivity contribution is 5.30. The largest absolute Gasteiger partial charge is 0.317 e. The van der Waals surface area contributed by atoms with E-state index in [-0.39, 0.29) is 0 Å². The quantitative estimate of drug-likeness (QED) is 0.814. The second-order valence-corrected chi connectivity index (χ2v) is 5.38. The van der Waals surface area contributed by atoms with Gasteiger partial charge >= 0.3 is 0 Å². The molecule has 0 spiro atoms. The molecule has 0 amide bonds. The minimum Gasteiger partial charge on any atom is -0.317 e. The lowest BCUT2D eigenvalue weighted by atomic mass is 9.87. The van der Waals surface area contributed by atoms with Gasteiger partial charge in [-0.3, -0.25) is 0 Å². The molecule has 2 heterocycles. The van der Waals surface area contributed by atoms with E-state index in [9.17, 15) is 0 Å². The Morgan fingerprint density at radius 3 is 2.18 bits per heavy atom. The highest BCUT2D eigenvalue weighted by Crippen LogP contribution is 2.29. The van der Waals surface area contributed by atoms with E-state index in [1.165, 1.54) is 38.9 Å². The molecule has 0 aromatic heterocycles. The molecule has 17 heavy (non-hydrogen) atoms. The molecule has 2 heteroatoms. The molecule has 1 aromatic rings. The summed E-state index contributed by atoms with van der Waals surface area (Å²) >= 11 is 0. The summed E-state index contributed by atoms with van der Waals surface area (Å²) in [7, 11) is 0. The molecule has 0 radical (unpaired) electrons. The summed E-state index contributed by atoms with van der Waals surface area (Å²) in [6.07, 6.45) is 3.90. The lowest BCUT2D eigenvalue weighted by molar-refractivity contribution is 0.460. The molecule has 3 rings (SSSR count). The highest BCUT2D eigenvalue weighted by atomic mass is 14.9. The van der Waals surface area contributed by atoms with Gasteiger partial charge in [-0.05, 0) is 61.9 Å². The fraction of sp³-hybridized carbons (Fsp3) is 0.600. The Kier molecular flexibility index (Phi) is 3.44. The van der Waals surface area contributed by atoms with Crippen LogP contribution in [0, 0.1) is 0 Å². The van der Waals surface area contributed by atoms with Crippen molar-refractivity contribution in [2.24, 2.45) is 0 Å². The molecule has 0 bridgehead atoms. The average Bonchev–Trinajstić information content (AvgIpc) is 2.94. The summed E-state index contributed by atoms with van der Waals surface area (Å²) < 4.78 is 0. The Morgan fingerprint density at radius 1 is 0.824 bits per heavy atom. The predicted molar refractivity (Wildman–Crippen MR) is 71.5 cm³/mol. The van der Waals surface area contributed by atoms with Gasteiger partial charge in [0.25, 0.3) is 0 Å². The van der Waals surface area contributed by atoms with E-state index in [0.29, 0.717) is 0 Å². The molecule has 2 aliphatic rings. The van der Waals surface area contributed by atoms with Crippen LogP contribution in [0.5, 0.6) is 0 Å². The van der Waals surface area contributed by atoms with Crippen LogP contribution >= 0.6 is 0 Å². The molecule has 2 N–H and O–H groups in total. The van der Waals surface area contributed by atoms with E-state index < -0.39 is 0 Å². The summed E-state index contributed by atoms with van der Waals surface area (Å²) in [5.41, 5.74) is 3.11. The van der Waals surface area contributed by atoms with Crippen molar-refractivity contribution in [1.29, 1.82) is 0 Å². The van der Waals surface area contributed by atoms with Crippen LogP contribution in [0.3, 0.4) is 0 Å². The van der Waals surface area contributed by atoms with E-state index in [2.05, 4.69) is 34.9 Å². The minimum absolute atomic E-state index is 0.747. The zero-order valence-corrected chi connectivity index (χ0v) is 10.4. The first-order valence-corrected chi connectivity index (χ1v) is 6.95. The van der Waals surface area contributed by atoms with Gasteiger partial charge in [-0.15, -0.1) is 0 Å². The number of rotatable bonds is 2. The van der Waals surface area contributed by atoms with Crippen LogP contribution in [0.1, 0.15) is 42.2 Å². The van der Waals surface area contributed by atoms with Gasteiger partial charge in [0.15, 0.2) is 0 Å². The third kappa shape index (κ3) is 2.53. The van der Waals surface area contributed by atoms with Crippen molar-refractivity contribution in [1.82, 2.24) is 10.6 Å². The summed E-state index contributed by atoms with van der Waals surface area (Å²) in [5.74, 6) is 1.53. The zero-order valence-electron chi connectivity index (χ0n) is 10.4. The standard InChI is InChI=1S/C15H22N2/c1-2-13(12-4-7-16-8-5-12)10-14(3-1)15-6-9-17-11-15/h1-3,10,12,15-17H,4-9,11H2. The van der Waals surface area contributed by atoms with Crippen LogP contribution in [-0.2, 0) is 0 Å². The summed E-state index contributed by atoms with van der Waals surface area (Å²) in [5, 5.41) is 6.90. The lowest BCUT2D eigenvalue weighted by Crippen LogP contribution is -2.26. The van der Waals surface area contributed by atoms with Crippen LogP contribution in [0.15, 0.2) is 24.3 Å². The maximum atomic E-state index is 3.46. The molecule has 2 nitrogen and oxygen atoms in total. The van der Waals surface area contributed by atoms with E-state index in [4.69, 9.17) is 0 Å².